The molecule has 1 N–H and O–H groups in total. The van der Waals surface area contributed by atoms with Gasteiger partial charge in [-0.2, -0.15) is 0 Å². The third-order valence-electron chi connectivity index (χ3n) is 4.55. The van der Waals surface area contributed by atoms with E-state index in [-0.39, 0.29) is 11.9 Å². The van der Waals surface area contributed by atoms with Gasteiger partial charge < -0.3 is 9.88 Å². The van der Waals surface area contributed by atoms with Gasteiger partial charge in [0.25, 0.3) is 5.91 Å². The first-order valence-electron chi connectivity index (χ1n) is 9.24. The molecule has 28 heavy (non-hydrogen) atoms. The molecular weight excluding hydrogens is 350 g/mol. The van der Waals surface area contributed by atoms with E-state index >= 15 is 0 Å². The summed E-state index contributed by atoms with van der Waals surface area (Å²) in [6.07, 6.45) is 5.20. The minimum Gasteiger partial charge on any atom is -0.348 e. The second-order valence-electron chi connectivity index (χ2n) is 6.86. The average molecular weight is 371 g/mol. The summed E-state index contributed by atoms with van der Waals surface area (Å²) in [7, 11) is 0. The van der Waals surface area contributed by atoms with Gasteiger partial charge in [-0.25, -0.2) is 9.97 Å². The fourth-order valence-corrected chi connectivity index (χ4v) is 3.21. The Balaban J connectivity index is 1.65. The SMILES string of the molecule is CC(C)n1c(-c2cccc(C(=O)NCc3ccncc3)c2)nc2cccnc21. The molecule has 0 spiro atoms. The third kappa shape index (κ3) is 3.49. The first-order chi connectivity index (χ1) is 13.6. The van der Waals surface area contributed by atoms with Crippen LogP contribution in [0.5, 0.6) is 0 Å². The van der Waals surface area contributed by atoms with E-state index in [2.05, 4.69) is 33.7 Å². The monoisotopic (exact) mass is 371 g/mol. The lowest BCUT2D eigenvalue weighted by Crippen LogP contribution is -2.22. The van der Waals surface area contributed by atoms with E-state index in [4.69, 9.17) is 4.98 Å². The molecule has 0 aliphatic heterocycles. The number of carbonyl (C=O) groups is 1. The van der Waals surface area contributed by atoms with Crippen molar-refractivity contribution in [2.45, 2.75) is 26.4 Å². The molecule has 0 saturated heterocycles. The van der Waals surface area contributed by atoms with Crippen LogP contribution in [0.3, 0.4) is 0 Å². The van der Waals surface area contributed by atoms with E-state index in [1.165, 1.54) is 0 Å². The number of pyridine rings is 2. The second-order valence-corrected chi connectivity index (χ2v) is 6.86. The highest BCUT2D eigenvalue weighted by Crippen LogP contribution is 2.27. The van der Waals surface area contributed by atoms with Crippen molar-refractivity contribution >= 4 is 17.1 Å². The molecule has 6 heteroatoms. The van der Waals surface area contributed by atoms with Gasteiger partial charge in [0, 0.05) is 42.3 Å². The van der Waals surface area contributed by atoms with Crippen LogP contribution in [-0.4, -0.2) is 25.4 Å². The molecule has 6 nitrogen and oxygen atoms in total. The van der Waals surface area contributed by atoms with Crippen LogP contribution < -0.4 is 5.32 Å². The molecule has 4 rings (SSSR count). The van der Waals surface area contributed by atoms with Crippen LogP contribution in [0.2, 0.25) is 0 Å². The van der Waals surface area contributed by atoms with Crippen LogP contribution >= 0.6 is 0 Å². The Morgan fingerprint density at radius 2 is 1.89 bits per heavy atom. The zero-order valence-corrected chi connectivity index (χ0v) is 15.8. The van der Waals surface area contributed by atoms with Gasteiger partial charge in [0.05, 0.1) is 0 Å². The zero-order chi connectivity index (χ0) is 19.5. The summed E-state index contributed by atoms with van der Waals surface area (Å²) in [5, 5.41) is 2.95. The van der Waals surface area contributed by atoms with Gasteiger partial charge in [0.2, 0.25) is 0 Å². The number of carbonyl (C=O) groups excluding carboxylic acids is 1. The lowest BCUT2D eigenvalue weighted by atomic mass is 10.1. The maximum absolute atomic E-state index is 12.6. The molecule has 0 atom stereocenters. The highest BCUT2D eigenvalue weighted by molar-refractivity contribution is 5.95. The molecule has 0 bridgehead atoms. The zero-order valence-electron chi connectivity index (χ0n) is 15.8. The van der Waals surface area contributed by atoms with Crippen molar-refractivity contribution in [2.75, 3.05) is 0 Å². The van der Waals surface area contributed by atoms with Gasteiger partial charge in [0.1, 0.15) is 11.3 Å². The van der Waals surface area contributed by atoms with Crippen LogP contribution in [0, 0.1) is 0 Å². The highest BCUT2D eigenvalue weighted by Gasteiger charge is 2.17. The Hall–Kier alpha value is -3.54. The minimum absolute atomic E-state index is 0.121. The number of imidazole rings is 1. The summed E-state index contributed by atoms with van der Waals surface area (Å²) >= 11 is 0. The van der Waals surface area contributed by atoms with Crippen LogP contribution in [0.1, 0.15) is 35.8 Å². The smallest absolute Gasteiger partial charge is 0.251 e. The second kappa shape index (κ2) is 7.60. The summed E-state index contributed by atoms with van der Waals surface area (Å²) in [6.45, 7) is 4.66. The Bertz CT molecular complexity index is 1120. The summed E-state index contributed by atoms with van der Waals surface area (Å²) < 4.78 is 2.10. The van der Waals surface area contributed by atoms with Crippen molar-refractivity contribution in [1.82, 2.24) is 24.8 Å². The molecular formula is C22H21N5O. The van der Waals surface area contributed by atoms with E-state index in [1.807, 2.05) is 48.5 Å². The molecule has 0 aliphatic carbocycles. The van der Waals surface area contributed by atoms with E-state index in [1.54, 1.807) is 18.6 Å². The lowest BCUT2D eigenvalue weighted by molar-refractivity contribution is 0.0951. The maximum Gasteiger partial charge on any atom is 0.251 e. The predicted molar refractivity (Wildman–Crippen MR) is 109 cm³/mol. The molecule has 0 saturated carbocycles. The Morgan fingerprint density at radius 3 is 2.68 bits per heavy atom. The number of nitrogens with zero attached hydrogens (tertiary/aromatic N) is 4. The fourth-order valence-electron chi connectivity index (χ4n) is 3.21. The number of nitrogens with one attached hydrogen (secondary N) is 1. The molecule has 0 unspecified atom stereocenters. The van der Waals surface area contributed by atoms with Gasteiger partial charge in [-0.15, -0.1) is 0 Å². The molecule has 4 aromatic rings. The number of benzene rings is 1. The van der Waals surface area contributed by atoms with Gasteiger partial charge in [-0.1, -0.05) is 12.1 Å². The number of hydrogen-bond acceptors (Lipinski definition) is 4. The minimum atomic E-state index is -0.121. The van der Waals surface area contributed by atoms with Crippen molar-refractivity contribution in [3.63, 3.8) is 0 Å². The third-order valence-corrected chi connectivity index (χ3v) is 4.55. The summed E-state index contributed by atoms with van der Waals surface area (Å²) in [5.41, 5.74) is 4.19. The first-order valence-corrected chi connectivity index (χ1v) is 9.24. The average Bonchev–Trinajstić information content (AvgIpc) is 3.13. The topological polar surface area (TPSA) is 72.7 Å². The number of hydrogen-bond donors (Lipinski definition) is 1. The summed E-state index contributed by atoms with van der Waals surface area (Å²) in [4.78, 5) is 25.9. The van der Waals surface area contributed by atoms with Crippen LogP contribution in [0.25, 0.3) is 22.6 Å². The normalized spacial score (nSPS) is 11.1. The molecule has 140 valence electrons. The quantitative estimate of drug-likeness (QED) is 0.575. The van der Waals surface area contributed by atoms with Gasteiger partial charge in [-0.05, 0) is 55.8 Å². The van der Waals surface area contributed by atoms with Gasteiger partial charge >= 0.3 is 0 Å². The van der Waals surface area contributed by atoms with Gasteiger partial charge in [-0.3, -0.25) is 9.78 Å². The number of rotatable bonds is 5. The maximum atomic E-state index is 12.6. The van der Waals surface area contributed by atoms with Crippen molar-refractivity contribution in [3.8, 4) is 11.4 Å². The van der Waals surface area contributed by atoms with Gasteiger partial charge in [0.15, 0.2) is 5.65 Å². The van der Waals surface area contributed by atoms with Crippen LogP contribution in [-0.2, 0) is 6.54 Å². The largest absolute Gasteiger partial charge is 0.348 e. The number of amides is 1. The predicted octanol–water partition coefficient (Wildman–Crippen LogP) is 4.00. The van der Waals surface area contributed by atoms with E-state index in [9.17, 15) is 4.79 Å². The number of aromatic nitrogens is 4. The fraction of sp³-hybridized carbons (Fsp3) is 0.182. The number of fused-ring (bicyclic) bond motifs is 1. The molecule has 1 aromatic carbocycles. The van der Waals surface area contributed by atoms with E-state index < -0.39 is 0 Å². The Labute approximate surface area is 163 Å². The van der Waals surface area contributed by atoms with Crippen LogP contribution in [0.4, 0.5) is 0 Å². The molecule has 0 radical (unpaired) electrons. The molecule has 0 fully saturated rings. The van der Waals surface area contributed by atoms with E-state index in [0.717, 1.165) is 28.1 Å². The van der Waals surface area contributed by atoms with Crippen molar-refractivity contribution < 1.29 is 4.79 Å². The molecule has 0 aliphatic rings. The standard InChI is InChI=1S/C22H21N5O/c1-15(2)27-20(26-19-7-4-10-24-21(19)27)17-5-3-6-18(13-17)22(28)25-14-16-8-11-23-12-9-16/h3-13,15H,14H2,1-2H3,(H,25,28). The summed E-state index contributed by atoms with van der Waals surface area (Å²) in [6, 6.07) is 15.3. The van der Waals surface area contributed by atoms with E-state index in [0.29, 0.717) is 12.1 Å². The van der Waals surface area contributed by atoms with Crippen molar-refractivity contribution in [3.05, 3.63) is 78.2 Å². The molecule has 3 heterocycles. The van der Waals surface area contributed by atoms with Crippen molar-refractivity contribution in [2.24, 2.45) is 0 Å². The highest BCUT2D eigenvalue weighted by atomic mass is 16.1. The Morgan fingerprint density at radius 1 is 1.07 bits per heavy atom. The van der Waals surface area contributed by atoms with Crippen LogP contribution in [0.15, 0.2) is 67.1 Å². The molecule has 1 amide bonds. The van der Waals surface area contributed by atoms with Crippen molar-refractivity contribution in [1.29, 1.82) is 0 Å². The summed E-state index contributed by atoms with van der Waals surface area (Å²) in [5.74, 6) is 0.691. The molecule has 3 aromatic heterocycles. The first kappa shape index (κ1) is 17.9. The Kier molecular flexibility index (Phi) is 4.85. The lowest BCUT2D eigenvalue weighted by Gasteiger charge is -2.13.